The van der Waals surface area contributed by atoms with E-state index in [9.17, 15) is 0 Å². The highest BCUT2D eigenvalue weighted by Crippen LogP contribution is 2.17. The van der Waals surface area contributed by atoms with Crippen LogP contribution >= 0.6 is 0 Å². The second kappa shape index (κ2) is 9.75. The minimum atomic E-state index is 0.629. The van der Waals surface area contributed by atoms with Gasteiger partial charge in [-0.3, -0.25) is 0 Å². The van der Waals surface area contributed by atoms with Gasteiger partial charge in [0.2, 0.25) is 0 Å². The van der Waals surface area contributed by atoms with Crippen LogP contribution in [0.2, 0.25) is 0 Å². The first-order chi connectivity index (χ1) is 9.52. The van der Waals surface area contributed by atoms with Crippen LogP contribution in [0, 0.1) is 17.8 Å². The van der Waals surface area contributed by atoms with Crippen molar-refractivity contribution in [2.24, 2.45) is 17.8 Å². The van der Waals surface area contributed by atoms with E-state index in [4.69, 9.17) is 4.74 Å². The van der Waals surface area contributed by atoms with Gasteiger partial charge in [-0.15, -0.1) is 0 Å². The lowest BCUT2D eigenvalue weighted by atomic mass is 9.94. The molecule has 1 rings (SSSR count). The van der Waals surface area contributed by atoms with Crippen molar-refractivity contribution in [2.45, 2.75) is 53.0 Å². The lowest BCUT2D eigenvalue weighted by Gasteiger charge is -2.36. The Kier molecular flexibility index (Phi) is 8.74. The number of hydrogen-bond acceptors (Lipinski definition) is 3. The van der Waals surface area contributed by atoms with Crippen LogP contribution in [0.3, 0.4) is 0 Å². The molecule has 0 radical (unpaired) electrons. The summed E-state index contributed by atoms with van der Waals surface area (Å²) in [5.74, 6) is 2.23. The van der Waals surface area contributed by atoms with Crippen LogP contribution in [-0.4, -0.2) is 50.8 Å². The van der Waals surface area contributed by atoms with E-state index in [0.29, 0.717) is 12.0 Å². The van der Waals surface area contributed by atoms with Crippen LogP contribution in [0.5, 0.6) is 0 Å². The van der Waals surface area contributed by atoms with E-state index in [2.05, 4.69) is 45.0 Å². The lowest BCUT2D eigenvalue weighted by Crippen LogP contribution is -2.47. The standard InChI is InChI=1S/C17H36N2O/c1-14(2)6-9-19(10-7-15(3)4)12-16-13-20-11-8-17(16)18-5/h14-18H,6-13H2,1-5H3. The maximum absolute atomic E-state index is 5.70. The van der Waals surface area contributed by atoms with Gasteiger partial charge in [0, 0.05) is 25.1 Å². The molecule has 0 aromatic heterocycles. The summed E-state index contributed by atoms with van der Waals surface area (Å²) in [5, 5.41) is 3.48. The first-order valence-electron chi connectivity index (χ1n) is 8.50. The first-order valence-corrected chi connectivity index (χ1v) is 8.50. The number of nitrogens with zero attached hydrogens (tertiary/aromatic N) is 1. The van der Waals surface area contributed by atoms with E-state index in [-0.39, 0.29) is 0 Å². The molecule has 120 valence electrons. The molecule has 1 heterocycles. The van der Waals surface area contributed by atoms with E-state index in [1.165, 1.54) is 32.5 Å². The van der Waals surface area contributed by atoms with Gasteiger partial charge in [-0.05, 0) is 51.2 Å². The van der Waals surface area contributed by atoms with Gasteiger partial charge in [-0.1, -0.05) is 27.7 Å². The van der Waals surface area contributed by atoms with E-state index >= 15 is 0 Å². The van der Waals surface area contributed by atoms with Crippen LogP contribution in [0.4, 0.5) is 0 Å². The molecule has 1 aliphatic heterocycles. The summed E-state index contributed by atoms with van der Waals surface area (Å²) in [6, 6.07) is 0.629. The Hall–Kier alpha value is -0.120. The van der Waals surface area contributed by atoms with Gasteiger partial charge in [-0.2, -0.15) is 0 Å². The Morgan fingerprint density at radius 2 is 1.70 bits per heavy atom. The molecule has 0 bridgehead atoms. The number of ether oxygens (including phenoxy) is 1. The van der Waals surface area contributed by atoms with Crippen molar-refractivity contribution in [1.82, 2.24) is 10.2 Å². The predicted molar refractivity (Wildman–Crippen MR) is 87.1 cm³/mol. The summed E-state index contributed by atoms with van der Waals surface area (Å²) in [7, 11) is 2.09. The van der Waals surface area contributed by atoms with Gasteiger partial charge >= 0.3 is 0 Å². The highest BCUT2D eigenvalue weighted by Gasteiger charge is 2.26. The second-order valence-corrected chi connectivity index (χ2v) is 7.18. The molecule has 1 N–H and O–H groups in total. The maximum Gasteiger partial charge on any atom is 0.0521 e. The third-order valence-electron chi connectivity index (χ3n) is 4.38. The predicted octanol–water partition coefficient (Wildman–Crippen LogP) is 3.01. The van der Waals surface area contributed by atoms with Crippen LogP contribution in [0.15, 0.2) is 0 Å². The van der Waals surface area contributed by atoms with Crippen molar-refractivity contribution in [3.05, 3.63) is 0 Å². The van der Waals surface area contributed by atoms with Crippen LogP contribution in [0.1, 0.15) is 47.0 Å². The molecular formula is C17H36N2O. The molecule has 0 aromatic carbocycles. The third kappa shape index (κ3) is 7.05. The molecule has 1 fully saturated rings. The highest BCUT2D eigenvalue weighted by atomic mass is 16.5. The molecule has 1 saturated heterocycles. The number of rotatable bonds is 9. The minimum absolute atomic E-state index is 0.629. The quantitative estimate of drug-likeness (QED) is 0.704. The van der Waals surface area contributed by atoms with Gasteiger partial charge in [-0.25, -0.2) is 0 Å². The smallest absolute Gasteiger partial charge is 0.0521 e. The normalized spacial score (nSPS) is 24.0. The minimum Gasteiger partial charge on any atom is -0.381 e. The number of nitrogens with one attached hydrogen (secondary N) is 1. The summed E-state index contributed by atoms with van der Waals surface area (Å²) < 4.78 is 5.70. The summed E-state index contributed by atoms with van der Waals surface area (Å²) in [4.78, 5) is 2.67. The van der Waals surface area contributed by atoms with Crippen LogP contribution in [-0.2, 0) is 4.74 Å². The summed E-state index contributed by atoms with van der Waals surface area (Å²) in [6.45, 7) is 14.8. The first kappa shape index (κ1) is 17.9. The van der Waals surface area contributed by atoms with E-state index in [1.807, 2.05) is 0 Å². The van der Waals surface area contributed by atoms with Crippen LogP contribution in [0.25, 0.3) is 0 Å². The third-order valence-corrected chi connectivity index (χ3v) is 4.38. The Balaban J connectivity index is 2.47. The average molecular weight is 284 g/mol. The fourth-order valence-electron chi connectivity index (χ4n) is 2.86. The molecule has 3 heteroatoms. The Bertz CT molecular complexity index is 231. The second-order valence-electron chi connectivity index (χ2n) is 7.18. The molecule has 0 aromatic rings. The monoisotopic (exact) mass is 284 g/mol. The van der Waals surface area contributed by atoms with E-state index in [1.54, 1.807) is 0 Å². The van der Waals surface area contributed by atoms with E-state index in [0.717, 1.165) is 31.5 Å². The zero-order valence-corrected chi connectivity index (χ0v) is 14.3. The highest BCUT2D eigenvalue weighted by molar-refractivity contribution is 4.81. The average Bonchev–Trinajstić information content (AvgIpc) is 2.42. The fraction of sp³-hybridized carbons (Fsp3) is 1.00. The largest absolute Gasteiger partial charge is 0.381 e. The number of hydrogen-bond donors (Lipinski definition) is 1. The van der Waals surface area contributed by atoms with Crippen molar-refractivity contribution in [2.75, 3.05) is 39.9 Å². The van der Waals surface area contributed by atoms with E-state index < -0.39 is 0 Å². The van der Waals surface area contributed by atoms with Gasteiger partial charge < -0.3 is 15.0 Å². The molecule has 2 unspecified atom stereocenters. The molecule has 3 nitrogen and oxygen atoms in total. The van der Waals surface area contributed by atoms with Crippen molar-refractivity contribution >= 4 is 0 Å². The summed E-state index contributed by atoms with van der Waals surface area (Å²) in [6.07, 6.45) is 3.76. The van der Waals surface area contributed by atoms with Crippen molar-refractivity contribution in [3.8, 4) is 0 Å². The van der Waals surface area contributed by atoms with Gasteiger partial charge in [0.25, 0.3) is 0 Å². The Labute approximate surface area is 126 Å². The molecule has 0 amide bonds. The van der Waals surface area contributed by atoms with Gasteiger partial charge in [0.1, 0.15) is 0 Å². The van der Waals surface area contributed by atoms with Crippen molar-refractivity contribution in [3.63, 3.8) is 0 Å². The van der Waals surface area contributed by atoms with Crippen LogP contribution < -0.4 is 5.32 Å². The molecule has 0 aliphatic carbocycles. The summed E-state index contributed by atoms with van der Waals surface area (Å²) >= 11 is 0. The molecule has 0 saturated carbocycles. The fourth-order valence-corrected chi connectivity index (χ4v) is 2.86. The lowest BCUT2D eigenvalue weighted by molar-refractivity contribution is 0.0173. The van der Waals surface area contributed by atoms with Crippen molar-refractivity contribution in [1.29, 1.82) is 0 Å². The maximum atomic E-state index is 5.70. The topological polar surface area (TPSA) is 24.5 Å². The molecule has 2 atom stereocenters. The Morgan fingerprint density at radius 3 is 2.20 bits per heavy atom. The van der Waals surface area contributed by atoms with Gasteiger partial charge in [0.15, 0.2) is 0 Å². The zero-order valence-electron chi connectivity index (χ0n) is 14.3. The molecular weight excluding hydrogens is 248 g/mol. The molecule has 1 aliphatic rings. The Morgan fingerprint density at radius 1 is 1.10 bits per heavy atom. The SMILES string of the molecule is CNC1CCOCC1CN(CCC(C)C)CCC(C)C. The zero-order chi connectivity index (χ0) is 15.0. The van der Waals surface area contributed by atoms with Gasteiger partial charge in [0.05, 0.1) is 6.61 Å². The molecule has 0 spiro atoms. The van der Waals surface area contributed by atoms with Crippen molar-refractivity contribution < 1.29 is 4.74 Å². The summed E-state index contributed by atoms with van der Waals surface area (Å²) in [5.41, 5.74) is 0. The molecule has 20 heavy (non-hydrogen) atoms.